The third-order valence-corrected chi connectivity index (χ3v) is 7.98. The van der Waals surface area contributed by atoms with Crippen molar-refractivity contribution >= 4 is 11.6 Å². The maximum atomic E-state index is 12.2. The molecule has 1 N–H and O–H groups in total. The number of carbonyl (C=O) groups is 2. The highest BCUT2D eigenvalue weighted by Crippen LogP contribution is 2.65. The minimum Gasteiger partial charge on any atom is -0.393 e. The number of hydrogen-bond acceptors (Lipinski definition) is 3. The molecule has 0 aromatic heterocycles. The van der Waals surface area contributed by atoms with E-state index >= 15 is 0 Å². The Bertz CT molecular complexity index is 660. The molecule has 130 valence electrons. The summed E-state index contributed by atoms with van der Waals surface area (Å²) in [4.78, 5) is 24.0. The molecule has 0 radical (unpaired) electrons. The smallest absolute Gasteiger partial charge is 0.178 e. The van der Waals surface area contributed by atoms with Crippen molar-refractivity contribution in [1.29, 1.82) is 0 Å². The first-order chi connectivity index (χ1) is 11.3. The van der Waals surface area contributed by atoms with Gasteiger partial charge in [0, 0.05) is 17.3 Å². The molecule has 0 aliphatic heterocycles. The molecule has 0 heterocycles. The number of aliphatic hydroxyl groups is 1. The van der Waals surface area contributed by atoms with E-state index in [0.29, 0.717) is 18.3 Å². The fourth-order valence-corrected chi connectivity index (χ4v) is 6.99. The van der Waals surface area contributed by atoms with Crippen LogP contribution in [0.2, 0.25) is 0 Å². The lowest BCUT2D eigenvalue weighted by Crippen LogP contribution is -2.56. The molecule has 4 rings (SSSR count). The summed E-state index contributed by atoms with van der Waals surface area (Å²) in [6.07, 6.45) is 9.89. The molecule has 0 aromatic rings. The van der Waals surface area contributed by atoms with Gasteiger partial charge in [-0.25, -0.2) is 0 Å². The van der Waals surface area contributed by atoms with Crippen LogP contribution < -0.4 is 0 Å². The Morgan fingerprint density at radius 3 is 2.71 bits per heavy atom. The van der Waals surface area contributed by atoms with E-state index in [1.807, 2.05) is 6.08 Å². The molecule has 3 saturated carbocycles. The Balaban J connectivity index is 1.74. The molecular weight excluding hydrogens is 300 g/mol. The van der Waals surface area contributed by atoms with Crippen LogP contribution in [-0.2, 0) is 9.59 Å². The zero-order valence-electron chi connectivity index (χ0n) is 14.9. The summed E-state index contributed by atoms with van der Waals surface area (Å²) in [5, 5.41) is 11.1. The summed E-state index contributed by atoms with van der Waals surface area (Å²) in [6, 6.07) is 0. The van der Waals surface area contributed by atoms with Gasteiger partial charge in [-0.15, -0.1) is 0 Å². The highest BCUT2D eigenvalue weighted by atomic mass is 16.3. The zero-order valence-corrected chi connectivity index (χ0v) is 14.9. The molecule has 0 amide bonds. The van der Waals surface area contributed by atoms with E-state index in [2.05, 4.69) is 13.8 Å². The predicted molar refractivity (Wildman–Crippen MR) is 92.2 cm³/mol. The van der Waals surface area contributed by atoms with Crippen molar-refractivity contribution < 1.29 is 14.7 Å². The molecule has 3 nitrogen and oxygen atoms in total. The summed E-state index contributed by atoms with van der Waals surface area (Å²) in [5.41, 5.74) is 0.935. The van der Waals surface area contributed by atoms with Crippen molar-refractivity contribution in [1.82, 2.24) is 0 Å². The van der Waals surface area contributed by atoms with E-state index in [9.17, 15) is 14.7 Å². The summed E-state index contributed by atoms with van der Waals surface area (Å²) < 4.78 is 0. The summed E-state index contributed by atoms with van der Waals surface area (Å²) in [6.45, 7) is 6.15. The maximum Gasteiger partial charge on any atom is 0.178 e. The Hall–Kier alpha value is -1.22. The van der Waals surface area contributed by atoms with Gasteiger partial charge in [-0.1, -0.05) is 25.5 Å². The number of hydrogen-bond donors (Lipinski definition) is 1. The topological polar surface area (TPSA) is 54.4 Å². The van der Waals surface area contributed by atoms with Crippen molar-refractivity contribution in [2.45, 2.75) is 59.0 Å². The first-order valence-electron chi connectivity index (χ1n) is 9.40. The largest absolute Gasteiger partial charge is 0.393 e. The van der Waals surface area contributed by atoms with Crippen LogP contribution in [0.4, 0.5) is 0 Å². The van der Waals surface area contributed by atoms with E-state index in [4.69, 9.17) is 0 Å². The molecule has 4 aliphatic rings. The molecule has 3 fully saturated rings. The molecule has 0 saturated heterocycles. The minimum absolute atomic E-state index is 0.0573. The second kappa shape index (κ2) is 5.14. The molecule has 3 heteroatoms. The average Bonchev–Trinajstić information content (AvgIpc) is 2.84. The lowest BCUT2D eigenvalue weighted by atomic mass is 9.46. The number of ketones is 2. The van der Waals surface area contributed by atoms with Gasteiger partial charge in [-0.05, 0) is 68.4 Å². The molecule has 7 atom stereocenters. The first-order valence-corrected chi connectivity index (χ1v) is 9.40. The molecule has 1 unspecified atom stereocenters. The van der Waals surface area contributed by atoms with Gasteiger partial charge < -0.3 is 5.11 Å². The van der Waals surface area contributed by atoms with Crippen molar-refractivity contribution in [2.75, 3.05) is 0 Å². The van der Waals surface area contributed by atoms with E-state index < -0.39 is 6.10 Å². The number of fused-ring (bicyclic) bond motifs is 5. The standard InChI is InChI=1S/C21H28O3/c1-12(22)16-6-7-17-15-5-4-13-10-14(23)8-9-20(13,2)19(15)18(24)11-21(16,17)3/h8-10,15-19,24H,4-7,11H2,1-3H3/t15-,16+,17-,18?,19+,20-,21+/m0/s1. The lowest BCUT2D eigenvalue weighted by molar-refractivity contribution is -0.137. The normalized spacial score (nSPS) is 49.9. The monoisotopic (exact) mass is 328 g/mol. The van der Waals surface area contributed by atoms with E-state index in [-0.39, 0.29) is 34.2 Å². The van der Waals surface area contributed by atoms with Crippen molar-refractivity contribution in [2.24, 2.45) is 34.5 Å². The number of Topliss-reactive ketones (excluding diaryl/α,β-unsaturated/α-hetero) is 1. The predicted octanol–water partition coefficient (Wildman–Crippen LogP) is 3.47. The van der Waals surface area contributed by atoms with Gasteiger partial charge >= 0.3 is 0 Å². The second-order valence-electron chi connectivity index (χ2n) is 9.04. The van der Waals surface area contributed by atoms with Gasteiger partial charge in [-0.2, -0.15) is 0 Å². The molecule has 0 spiro atoms. The van der Waals surface area contributed by atoms with Crippen LogP contribution in [0.1, 0.15) is 52.9 Å². The van der Waals surface area contributed by atoms with Crippen LogP contribution in [0.5, 0.6) is 0 Å². The SMILES string of the molecule is CC(=O)[C@H]1CC[C@H]2[C@@H]3CCC4=CC(=O)C=C[C@]4(C)[C@H]3C(O)C[C@]12C. The van der Waals surface area contributed by atoms with Gasteiger partial charge in [0.2, 0.25) is 0 Å². The number of rotatable bonds is 1. The number of allylic oxidation sites excluding steroid dienone is 4. The van der Waals surface area contributed by atoms with Crippen LogP contribution in [0.25, 0.3) is 0 Å². The van der Waals surface area contributed by atoms with Gasteiger partial charge in [0.05, 0.1) is 6.10 Å². The average molecular weight is 328 g/mol. The molecule has 4 aliphatic carbocycles. The fourth-order valence-electron chi connectivity index (χ4n) is 6.99. The van der Waals surface area contributed by atoms with Gasteiger partial charge in [0.15, 0.2) is 5.78 Å². The molecule has 24 heavy (non-hydrogen) atoms. The Morgan fingerprint density at radius 1 is 1.25 bits per heavy atom. The Kier molecular flexibility index (Phi) is 3.48. The summed E-state index contributed by atoms with van der Waals surface area (Å²) >= 11 is 0. The minimum atomic E-state index is -0.400. The third kappa shape index (κ3) is 2.00. The number of carbonyl (C=O) groups excluding carboxylic acids is 2. The van der Waals surface area contributed by atoms with Crippen molar-refractivity contribution in [3.63, 3.8) is 0 Å². The van der Waals surface area contributed by atoms with Gasteiger partial charge in [0.25, 0.3) is 0 Å². The molecular formula is C21H28O3. The second-order valence-corrected chi connectivity index (χ2v) is 9.04. The fraction of sp³-hybridized carbons (Fsp3) is 0.714. The van der Waals surface area contributed by atoms with E-state index in [0.717, 1.165) is 25.7 Å². The van der Waals surface area contributed by atoms with Crippen LogP contribution >= 0.6 is 0 Å². The van der Waals surface area contributed by atoms with Crippen LogP contribution in [0, 0.1) is 34.5 Å². The van der Waals surface area contributed by atoms with Crippen LogP contribution in [-0.4, -0.2) is 22.8 Å². The highest BCUT2D eigenvalue weighted by molar-refractivity contribution is 6.01. The lowest BCUT2D eigenvalue weighted by Gasteiger charge is -2.58. The van der Waals surface area contributed by atoms with E-state index in [1.54, 1.807) is 19.1 Å². The Morgan fingerprint density at radius 2 is 2.00 bits per heavy atom. The molecule has 0 aromatic carbocycles. The summed E-state index contributed by atoms with van der Waals surface area (Å²) in [5.74, 6) is 1.61. The first kappa shape index (κ1) is 16.3. The van der Waals surface area contributed by atoms with Crippen molar-refractivity contribution in [3.05, 3.63) is 23.8 Å². The van der Waals surface area contributed by atoms with Crippen LogP contribution in [0.3, 0.4) is 0 Å². The third-order valence-electron chi connectivity index (χ3n) is 7.98. The van der Waals surface area contributed by atoms with Gasteiger partial charge in [-0.3, -0.25) is 9.59 Å². The van der Waals surface area contributed by atoms with Gasteiger partial charge in [0.1, 0.15) is 5.78 Å². The summed E-state index contributed by atoms with van der Waals surface area (Å²) in [7, 11) is 0. The quantitative estimate of drug-likeness (QED) is 0.802. The highest BCUT2D eigenvalue weighted by Gasteiger charge is 2.62. The zero-order chi connectivity index (χ0) is 17.3. The Labute approximate surface area is 144 Å². The molecule has 0 bridgehead atoms. The van der Waals surface area contributed by atoms with Crippen LogP contribution in [0.15, 0.2) is 23.8 Å². The number of aliphatic hydroxyl groups excluding tert-OH is 1. The van der Waals surface area contributed by atoms with E-state index in [1.165, 1.54) is 5.57 Å². The van der Waals surface area contributed by atoms with Crippen molar-refractivity contribution in [3.8, 4) is 0 Å². The maximum absolute atomic E-state index is 12.2.